The highest BCUT2D eigenvalue weighted by Crippen LogP contribution is 2.38. The third kappa shape index (κ3) is 4.92. The average molecular weight is 480 g/mol. The van der Waals surface area contributed by atoms with Crippen molar-refractivity contribution in [3.05, 3.63) is 107 Å². The number of carbonyl (C=O) groups is 2. The van der Waals surface area contributed by atoms with Crippen molar-refractivity contribution in [1.82, 2.24) is 14.8 Å². The van der Waals surface area contributed by atoms with E-state index in [2.05, 4.69) is 47.4 Å². The molecule has 1 aliphatic heterocycles. The van der Waals surface area contributed by atoms with Crippen molar-refractivity contribution >= 4 is 22.7 Å². The molecule has 0 spiro atoms. The van der Waals surface area contributed by atoms with Gasteiger partial charge in [-0.2, -0.15) is 0 Å². The standard InChI is InChI=1S/C31H33N3O2/c1-2-28(35)33(20-17-23-11-5-3-6-12-23)21-19-29(36)34-22-18-26-25-15-9-10-16-27(25)32-30(26)31(34)24-13-7-4-8-14-24/h3-16,31-32H,2,17-22H2,1H3. The third-order valence-electron chi connectivity index (χ3n) is 7.23. The van der Waals surface area contributed by atoms with Crippen molar-refractivity contribution in [2.75, 3.05) is 19.6 Å². The topological polar surface area (TPSA) is 56.4 Å². The van der Waals surface area contributed by atoms with E-state index in [1.807, 2.05) is 59.2 Å². The minimum Gasteiger partial charge on any atom is -0.356 e. The van der Waals surface area contributed by atoms with Gasteiger partial charge in [-0.1, -0.05) is 85.8 Å². The molecule has 1 N–H and O–H groups in total. The molecule has 4 aromatic rings. The average Bonchev–Trinajstić information content (AvgIpc) is 3.31. The Morgan fingerprint density at radius 2 is 1.61 bits per heavy atom. The second-order valence-electron chi connectivity index (χ2n) is 9.43. The zero-order valence-corrected chi connectivity index (χ0v) is 20.8. The van der Waals surface area contributed by atoms with E-state index in [9.17, 15) is 9.59 Å². The summed E-state index contributed by atoms with van der Waals surface area (Å²) in [7, 11) is 0. The number of fused-ring (bicyclic) bond motifs is 3. The number of hydrogen-bond acceptors (Lipinski definition) is 2. The van der Waals surface area contributed by atoms with Crippen molar-refractivity contribution in [2.45, 2.75) is 38.6 Å². The van der Waals surface area contributed by atoms with Gasteiger partial charge in [0.2, 0.25) is 11.8 Å². The Bertz CT molecular complexity index is 1330. The number of rotatable bonds is 8. The van der Waals surface area contributed by atoms with Crippen LogP contribution in [0.15, 0.2) is 84.9 Å². The van der Waals surface area contributed by atoms with Gasteiger partial charge in [0, 0.05) is 49.1 Å². The Balaban J connectivity index is 1.36. The number of aromatic nitrogens is 1. The summed E-state index contributed by atoms with van der Waals surface area (Å²) in [6.45, 7) is 3.61. The lowest BCUT2D eigenvalue weighted by Crippen LogP contribution is -2.42. The van der Waals surface area contributed by atoms with Crippen molar-refractivity contribution < 1.29 is 9.59 Å². The van der Waals surface area contributed by atoms with Crippen LogP contribution in [-0.4, -0.2) is 46.2 Å². The van der Waals surface area contributed by atoms with Crippen molar-refractivity contribution in [1.29, 1.82) is 0 Å². The molecule has 2 heterocycles. The maximum absolute atomic E-state index is 13.7. The molecule has 5 heteroatoms. The normalized spacial score (nSPS) is 15.0. The van der Waals surface area contributed by atoms with Crippen molar-refractivity contribution in [3.8, 4) is 0 Å². The smallest absolute Gasteiger partial charge is 0.225 e. The van der Waals surface area contributed by atoms with Gasteiger partial charge in [0.1, 0.15) is 0 Å². The van der Waals surface area contributed by atoms with Crippen LogP contribution in [0.5, 0.6) is 0 Å². The number of nitrogens with one attached hydrogen (secondary N) is 1. The molecule has 0 radical (unpaired) electrons. The molecule has 1 atom stereocenters. The van der Waals surface area contributed by atoms with E-state index in [1.54, 1.807) is 0 Å². The number of carbonyl (C=O) groups excluding carboxylic acids is 2. The largest absolute Gasteiger partial charge is 0.356 e. The van der Waals surface area contributed by atoms with Crippen LogP contribution in [0.3, 0.4) is 0 Å². The van der Waals surface area contributed by atoms with Gasteiger partial charge in [-0.05, 0) is 35.6 Å². The number of amides is 2. The Morgan fingerprint density at radius 1 is 0.917 bits per heavy atom. The van der Waals surface area contributed by atoms with E-state index in [4.69, 9.17) is 0 Å². The minimum atomic E-state index is -0.158. The Morgan fingerprint density at radius 3 is 2.36 bits per heavy atom. The Labute approximate surface area is 212 Å². The summed E-state index contributed by atoms with van der Waals surface area (Å²) in [5.74, 6) is 0.177. The molecule has 3 aromatic carbocycles. The van der Waals surface area contributed by atoms with E-state index in [0.717, 1.165) is 29.6 Å². The van der Waals surface area contributed by atoms with E-state index < -0.39 is 0 Å². The molecule has 1 aliphatic rings. The zero-order chi connectivity index (χ0) is 24.9. The van der Waals surface area contributed by atoms with Crippen molar-refractivity contribution in [2.24, 2.45) is 0 Å². The van der Waals surface area contributed by atoms with Crippen LogP contribution in [0.2, 0.25) is 0 Å². The molecule has 0 saturated heterocycles. The maximum Gasteiger partial charge on any atom is 0.225 e. The fourth-order valence-corrected chi connectivity index (χ4v) is 5.36. The third-order valence-corrected chi connectivity index (χ3v) is 7.23. The van der Waals surface area contributed by atoms with E-state index >= 15 is 0 Å². The van der Waals surface area contributed by atoms with E-state index in [1.165, 1.54) is 16.5 Å². The number of para-hydroxylation sites is 1. The van der Waals surface area contributed by atoms with Gasteiger partial charge < -0.3 is 14.8 Å². The summed E-state index contributed by atoms with van der Waals surface area (Å²) in [6.07, 6.45) is 2.37. The van der Waals surface area contributed by atoms with Crippen LogP contribution in [0.1, 0.15) is 48.2 Å². The summed E-state index contributed by atoms with van der Waals surface area (Å²) in [6, 6.07) is 28.7. The van der Waals surface area contributed by atoms with Crippen LogP contribution in [0.4, 0.5) is 0 Å². The molecule has 2 amide bonds. The predicted octanol–water partition coefficient (Wildman–Crippen LogP) is 5.51. The van der Waals surface area contributed by atoms with Gasteiger partial charge in [0.25, 0.3) is 0 Å². The van der Waals surface area contributed by atoms with Gasteiger partial charge in [-0.25, -0.2) is 0 Å². The lowest BCUT2D eigenvalue weighted by molar-refractivity contribution is -0.135. The van der Waals surface area contributed by atoms with E-state index in [0.29, 0.717) is 32.5 Å². The Kier molecular flexibility index (Phi) is 7.17. The van der Waals surface area contributed by atoms with Crippen LogP contribution in [0.25, 0.3) is 10.9 Å². The molecule has 0 saturated carbocycles. The molecule has 184 valence electrons. The highest BCUT2D eigenvalue weighted by molar-refractivity contribution is 5.87. The van der Waals surface area contributed by atoms with E-state index in [-0.39, 0.29) is 17.9 Å². The first kappa shape index (κ1) is 23.9. The molecular weight excluding hydrogens is 446 g/mol. The monoisotopic (exact) mass is 479 g/mol. The predicted molar refractivity (Wildman–Crippen MR) is 144 cm³/mol. The summed E-state index contributed by atoms with van der Waals surface area (Å²) in [4.78, 5) is 33.8. The second-order valence-corrected chi connectivity index (χ2v) is 9.43. The molecule has 5 nitrogen and oxygen atoms in total. The SMILES string of the molecule is CCC(=O)N(CCC(=O)N1CCc2c([nH]c3ccccc23)C1c1ccccc1)CCc1ccccc1. The molecule has 0 bridgehead atoms. The molecule has 0 fully saturated rings. The first-order valence-electron chi connectivity index (χ1n) is 12.9. The first-order valence-corrected chi connectivity index (χ1v) is 12.9. The number of aromatic amines is 1. The van der Waals surface area contributed by atoms with Crippen LogP contribution in [-0.2, 0) is 22.4 Å². The number of hydrogen-bond donors (Lipinski definition) is 1. The number of nitrogens with zero attached hydrogens (tertiary/aromatic N) is 2. The maximum atomic E-state index is 13.7. The first-order chi connectivity index (χ1) is 17.7. The minimum absolute atomic E-state index is 0.0850. The summed E-state index contributed by atoms with van der Waals surface area (Å²) in [5.41, 5.74) is 5.81. The van der Waals surface area contributed by atoms with Gasteiger partial charge in [0.05, 0.1) is 6.04 Å². The fourth-order valence-electron chi connectivity index (χ4n) is 5.36. The lowest BCUT2D eigenvalue weighted by atomic mass is 9.92. The number of benzene rings is 3. The quantitative estimate of drug-likeness (QED) is 0.362. The fraction of sp³-hybridized carbons (Fsp3) is 0.290. The molecular formula is C31H33N3O2. The van der Waals surface area contributed by atoms with Gasteiger partial charge in [-0.15, -0.1) is 0 Å². The lowest BCUT2D eigenvalue weighted by Gasteiger charge is -2.37. The van der Waals surface area contributed by atoms with Crippen molar-refractivity contribution in [3.63, 3.8) is 0 Å². The highest BCUT2D eigenvalue weighted by atomic mass is 16.2. The van der Waals surface area contributed by atoms with Crippen LogP contribution in [0, 0.1) is 0 Å². The molecule has 36 heavy (non-hydrogen) atoms. The highest BCUT2D eigenvalue weighted by Gasteiger charge is 2.34. The molecule has 1 aromatic heterocycles. The molecule has 5 rings (SSSR count). The Hall–Kier alpha value is -3.86. The van der Waals surface area contributed by atoms with Gasteiger partial charge in [-0.3, -0.25) is 9.59 Å². The summed E-state index contributed by atoms with van der Waals surface area (Å²) in [5, 5.41) is 1.24. The van der Waals surface area contributed by atoms with Gasteiger partial charge in [0.15, 0.2) is 0 Å². The zero-order valence-electron chi connectivity index (χ0n) is 20.8. The summed E-state index contributed by atoms with van der Waals surface area (Å²) >= 11 is 0. The van der Waals surface area contributed by atoms with Gasteiger partial charge >= 0.3 is 0 Å². The van der Waals surface area contributed by atoms with Crippen LogP contribution < -0.4 is 0 Å². The molecule has 1 unspecified atom stereocenters. The summed E-state index contributed by atoms with van der Waals surface area (Å²) < 4.78 is 0. The second kappa shape index (κ2) is 10.8. The molecule has 0 aliphatic carbocycles. The van der Waals surface area contributed by atoms with Crippen LogP contribution >= 0.6 is 0 Å². The number of H-pyrrole nitrogens is 1.